The van der Waals surface area contributed by atoms with Crippen LogP contribution >= 0.6 is 0 Å². The summed E-state index contributed by atoms with van der Waals surface area (Å²) in [5.74, 6) is 1.00. The molecule has 0 saturated carbocycles. The fourth-order valence-electron chi connectivity index (χ4n) is 5.19. The van der Waals surface area contributed by atoms with E-state index >= 15 is 0 Å². The first-order valence-corrected chi connectivity index (χ1v) is 14.3. The Morgan fingerprint density at radius 2 is 1.68 bits per heavy atom. The van der Waals surface area contributed by atoms with Gasteiger partial charge in [0.05, 0.1) is 12.5 Å². The molecule has 2 aliphatic rings. The van der Waals surface area contributed by atoms with E-state index in [-0.39, 0.29) is 24.3 Å². The fourth-order valence-corrected chi connectivity index (χ4v) is 5.19. The van der Waals surface area contributed by atoms with Gasteiger partial charge < -0.3 is 24.4 Å². The van der Waals surface area contributed by atoms with Gasteiger partial charge in [-0.05, 0) is 55.6 Å². The molecule has 0 spiro atoms. The Bertz CT molecular complexity index is 1020. The van der Waals surface area contributed by atoms with Gasteiger partial charge in [0, 0.05) is 13.0 Å². The van der Waals surface area contributed by atoms with Crippen LogP contribution in [0.25, 0.3) is 0 Å². The van der Waals surface area contributed by atoms with Gasteiger partial charge in [-0.25, -0.2) is 0 Å². The van der Waals surface area contributed by atoms with Gasteiger partial charge in [-0.15, -0.1) is 0 Å². The summed E-state index contributed by atoms with van der Waals surface area (Å²) in [6.07, 6.45) is 7.72. The molecule has 1 N–H and O–H groups in total. The number of hydrogen-bond donors (Lipinski definition) is 1. The van der Waals surface area contributed by atoms with Crippen molar-refractivity contribution in [3.05, 3.63) is 59.7 Å². The van der Waals surface area contributed by atoms with E-state index in [0.29, 0.717) is 37.7 Å². The Morgan fingerprint density at radius 1 is 0.947 bits per heavy atom. The molecule has 2 aliphatic heterocycles. The second-order valence-corrected chi connectivity index (χ2v) is 10.3. The van der Waals surface area contributed by atoms with Crippen LogP contribution in [0.1, 0.15) is 75.5 Å². The Morgan fingerprint density at radius 3 is 2.45 bits per heavy atom. The summed E-state index contributed by atoms with van der Waals surface area (Å²) in [7, 11) is 0. The number of esters is 1. The molecule has 38 heavy (non-hydrogen) atoms. The monoisotopic (exact) mass is 522 g/mol. The Kier molecular flexibility index (Phi) is 10.9. The van der Waals surface area contributed by atoms with Gasteiger partial charge in [-0.1, -0.05) is 69.0 Å². The van der Waals surface area contributed by atoms with Crippen LogP contribution in [0.2, 0.25) is 0 Å². The molecule has 7 nitrogen and oxygen atoms in total. The summed E-state index contributed by atoms with van der Waals surface area (Å²) in [6.45, 7) is 5.76. The molecule has 2 aromatic carbocycles. The topological polar surface area (TPSA) is 77.1 Å². The number of nitrogens with zero attached hydrogens (tertiary/aromatic N) is 1. The molecule has 1 saturated heterocycles. The lowest BCUT2D eigenvalue weighted by atomic mass is 9.99. The lowest BCUT2D eigenvalue weighted by Gasteiger charge is -2.32. The number of rotatable bonds is 14. The van der Waals surface area contributed by atoms with Crippen molar-refractivity contribution in [2.75, 3.05) is 32.8 Å². The molecule has 2 heterocycles. The molecule has 1 unspecified atom stereocenters. The lowest BCUT2D eigenvalue weighted by molar-refractivity contribution is -0.151. The first kappa shape index (κ1) is 28.0. The highest BCUT2D eigenvalue weighted by Gasteiger charge is 2.32. The van der Waals surface area contributed by atoms with E-state index < -0.39 is 6.10 Å². The van der Waals surface area contributed by atoms with Gasteiger partial charge in [0.2, 0.25) is 5.91 Å². The predicted octanol–water partition coefficient (Wildman–Crippen LogP) is 5.23. The summed E-state index contributed by atoms with van der Waals surface area (Å²) in [4.78, 5) is 28.6. The molecule has 2 aromatic rings. The molecule has 0 bridgehead atoms. The van der Waals surface area contributed by atoms with Crippen LogP contribution in [-0.2, 0) is 20.7 Å². The number of ether oxygens (including phenoxy) is 3. The quantitative estimate of drug-likeness (QED) is 0.271. The van der Waals surface area contributed by atoms with E-state index in [0.717, 1.165) is 56.3 Å². The van der Waals surface area contributed by atoms with Crippen molar-refractivity contribution in [2.45, 2.75) is 76.9 Å². The van der Waals surface area contributed by atoms with Crippen molar-refractivity contribution < 1.29 is 23.8 Å². The van der Waals surface area contributed by atoms with Gasteiger partial charge in [-0.2, -0.15) is 0 Å². The minimum Gasteiger partial charge on any atom is -0.486 e. The maximum Gasteiger partial charge on any atom is 0.310 e. The average Bonchev–Trinajstić information content (AvgIpc) is 3.45. The Balaban J connectivity index is 1.54. The molecule has 0 radical (unpaired) electrons. The molecule has 2 atom stereocenters. The van der Waals surface area contributed by atoms with E-state index in [4.69, 9.17) is 14.2 Å². The van der Waals surface area contributed by atoms with Gasteiger partial charge in [0.15, 0.2) is 11.5 Å². The van der Waals surface area contributed by atoms with E-state index in [1.165, 1.54) is 12.8 Å². The van der Waals surface area contributed by atoms with Crippen molar-refractivity contribution in [1.29, 1.82) is 0 Å². The van der Waals surface area contributed by atoms with Gasteiger partial charge in [0.1, 0.15) is 19.3 Å². The zero-order valence-electron chi connectivity index (χ0n) is 22.7. The highest BCUT2D eigenvalue weighted by atomic mass is 16.6. The van der Waals surface area contributed by atoms with Crippen molar-refractivity contribution in [3.8, 4) is 11.5 Å². The summed E-state index contributed by atoms with van der Waals surface area (Å²) < 4.78 is 17.7. The number of likely N-dealkylation sites (tertiary alicyclic amines) is 1. The number of carbonyl (C=O) groups excluding carboxylic acids is 2. The van der Waals surface area contributed by atoms with Gasteiger partial charge >= 0.3 is 5.97 Å². The van der Waals surface area contributed by atoms with Crippen LogP contribution < -0.4 is 14.8 Å². The molecular weight excluding hydrogens is 480 g/mol. The van der Waals surface area contributed by atoms with Crippen LogP contribution in [0.4, 0.5) is 0 Å². The van der Waals surface area contributed by atoms with Crippen LogP contribution in [0, 0.1) is 0 Å². The van der Waals surface area contributed by atoms with Crippen molar-refractivity contribution in [1.82, 2.24) is 10.2 Å². The third-order valence-electron chi connectivity index (χ3n) is 7.22. The minimum absolute atomic E-state index is 0.00680. The first-order chi connectivity index (χ1) is 18.6. The van der Waals surface area contributed by atoms with E-state index in [9.17, 15) is 9.59 Å². The summed E-state index contributed by atoms with van der Waals surface area (Å²) in [5, 5.41) is 3.25. The standard InChI is InChI=1S/C31H42N2O5/c1-2-3-4-5-9-14-29(34)32-26(23-33-17-10-11-18-33)31(38-30(35)21-24-12-7-6-8-13-24)25-15-16-27-28(22-25)37-20-19-36-27/h6-8,12-13,15-16,22,26,31H,2-5,9-11,14,17-21,23H2,1H3,(H,32,34)/t26-,31?/m1/s1. The minimum atomic E-state index is -0.647. The molecule has 206 valence electrons. The highest BCUT2D eigenvalue weighted by Crippen LogP contribution is 2.35. The van der Waals surface area contributed by atoms with Crippen LogP contribution in [0.15, 0.2) is 48.5 Å². The number of amides is 1. The molecule has 0 aliphatic carbocycles. The van der Waals surface area contributed by atoms with Crippen LogP contribution in [-0.4, -0.2) is 55.7 Å². The molecule has 7 heteroatoms. The SMILES string of the molecule is CCCCCCCC(=O)N[C@H](CN1CCCC1)C(OC(=O)Cc1ccccc1)c1ccc2c(c1)OCCO2. The highest BCUT2D eigenvalue weighted by molar-refractivity contribution is 5.76. The lowest BCUT2D eigenvalue weighted by Crippen LogP contribution is -2.47. The summed E-state index contributed by atoms with van der Waals surface area (Å²) >= 11 is 0. The smallest absolute Gasteiger partial charge is 0.310 e. The second-order valence-electron chi connectivity index (χ2n) is 10.3. The van der Waals surface area contributed by atoms with Crippen molar-refractivity contribution >= 4 is 11.9 Å². The van der Waals surface area contributed by atoms with Crippen molar-refractivity contribution in [2.24, 2.45) is 0 Å². The number of carbonyl (C=O) groups is 2. The number of unbranched alkanes of at least 4 members (excludes halogenated alkanes) is 4. The molecule has 1 fully saturated rings. The number of nitrogens with one attached hydrogen (secondary N) is 1. The summed E-state index contributed by atoms with van der Waals surface area (Å²) in [5.41, 5.74) is 1.69. The van der Waals surface area contributed by atoms with Crippen LogP contribution in [0.3, 0.4) is 0 Å². The average molecular weight is 523 g/mol. The zero-order chi connectivity index (χ0) is 26.6. The Hall–Kier alpha value is -3.06. The Labute approximate surface area is 226 Å². The first-order valence-electron chi connectivity index (χ1n) is 14.3. The van der Waals surface area contributed by atoms with Crippen molar-refractivity contribution in [3.63, 3.8) is 0 Å². The van der Waals surface area contributed by atoms with Gasteiger partial charge in [0.25, 0.3) is 0 Å². The second kappa shape index (κ2) is 14.8. The maximum atomic E-state index is 13.2. The maximum absolute atomic E-state index is 13.2. The molecular formula is C31H42N2O5. The van der Waals surface area contributed by atoms with E-state index in [1.54, 1.807) is 0 Å². The van der Waals surface area contributed by atoms with Gasteiger partial charge in [-0.3, -0.25) is 9.59 Å². The normalized spacial score (nSPS) is 16.6. The third kappa shape index (κ3) is 8.48. The molecule has 4 rings (SSSR count). The van der Waals surface area contributed by atoms with E-state index in [1.807, 2.05) is 48.5 Å². The summed E-state index contributed by atoms with van der Waals surface area (Å²) in [6, 6.07) is 14.9. The molecule has 1 amide bonds. The third-order valence-corrected chi connectivity index (χ3v) is 7.22. The number of benzene rings is 2. The predicted molar refractivity (Wildman–Crippen MR) is 147 cm³/mol. The van der Waals surface area contributed by atoms with Crippen LogP contribution in [0.5, 0.6) is 11.5 Å². The molecule has 0 aromatic heterocycles. The zero-order valence-corrected chi connectivity index (χ0v) is 22.7. The fraction of sp³-hybridized carbons (Fsp3) is 0.548. The van der Waals surface area contributed by atoms with E-state index in [2.05, 4.69) is 17.1 Å². The largest absolute Gasteiger partial charge is 0.486 e. The number of hydrogen-bond acceptors (Lipinski definition) is 6. The number of fused-ring (bicyclic) bond motifs is 1.